The molecule has 0 aliphatic carbocycles. The molecule has 0 fully saturated rings. The number of aliphatic carboxylic acids is 1. The number of benzene rings is 1. The first-order valence-corrected chi connectivity index (χ1v) is 6.24. The Morgan fingerprint density at radius 2 is 1.89 bits per heavy atom. The van der Waals surface area contributed by atoms with Gasteiger partial charge in [-0.3, -0.25) is 0 Å². The maximum atomic E-state index is 13.3. The van der Waals surface area contributed by atoms with Crippen molar-refractivity contribution in [2.75, 3.05) is 0 Å². The number of rotatable bonds is 4. The molecule has 0 radical (unpaired) electrons. The summed E-state index contributed by atoms with van der Waals surface area (Å²) in [5.41, 5.74) is -2.45. The quantitative estimate of drug-likeness (QED) is 0.586. The first-order chi connectivity index (χ1) is 8.58. The van der Waals surface area contributed by atoms with Gasteiger partial charge in [0.05, 0.1) is 5.56 Å². The van der Waals surface area contributed by atoms with Crippen molar-refractivity contribution >= 4 is 34.5 Å². The zero-order valence-corrected chi connectivity index (χ0v) is 12.2. The molecule has 0 N–H and O–H groups in total. The highest BCUT2D eigenvalue weighted by molar-refractivity contribution is 14.1. The Labute approximate surface area is 121 Å². The summed E-state index contributed by atoms with van der Waals surface area (Å²) >= 11 is 1.94. The molecule has 19 heavy (non-hydrogen) atoms. The molecule has 4 nitrogen and oxygen atoms in total. The molecule has 0 aliphatic heterocycles. The lowest BCUT2D eigenvalue weighted by Gasteiger charge is -2.33. The number of halogens is 3. The summed E-state index contributed by atoms with van der Waals surface area (Å²) < 4.78 is 32.0. The van der Waals surface area contributed by atoms with Crippen molar-refractivity contribution in [3.8, 4) is 0 Å². The van der Waals surface area contributed by atoms with Crippen LogP contribution in [0.15, 0.2) is 24.3 Å². The molecule has 0 bridgehead atoms. The molecule has 0 saturated carbocycles. The topological polar surface area (TPSA) is 66.4 Å². The van der Waals surface area contributed by atoms with Crippen molar-refractivity contribution in [3.63, 3.8) is 0 Å². The van der Waals surface area contributed by atoms with Gasteiger partial charge in [0.1, 0.15) is 5.97 Å². The number of esters is 1. The van der Waals surface area contributed by atoms with Crippen LogP contribution in [0.5, 0.6) is 0 Å². The van der Waals surface area contributed by atoms with Crippen LogP contribution in [0.1, 0.15) is 24.2 Å². The molecule has 0 amide bonds. The predicted octanol–water partition coefficient (Wildman–Crippen LogP) is 1.61. The lowest BCUT2D eigenvalue weighted by molar-refractivity contribution is -0.341. The highest BCUT2D eigenvalue weighted by atomic mass is 127. The number of hydrogen-bond acceptors (Lipinski definition) is 4. The molecule has 1 aromatic carbocycles. The van der Waals surface area contributed by atoms with E-state index in [-0.39, 0.29) is 5.56 Å². The van der Waals surface area contributed by atoms with Gasteiger partial charge in [0.2, 0.25) is 0 Å². The van der Waals surface area contributed by atoms with Gasteiger partial charge in [0.25, 0.3) is 0 Å². The average molecular weight is 383 g/mol. The number of carboxylic acid groups (broad SMARTS) is 1. The molecule has 104 valence electrons. The van der Waals surface area contributed by atoms with Gasteiger partial charge in [0, 0.05) is 3.57 Å². The number of carboxylic acids is 1. The van der Waals surface area contributed by atoms with Crippen LogP contribution in [0.3, 0.4) is 0 Å². The first kappa shape index (κ1) is 15.8. The van der Waals surface area contributed by atoms with Crippen LogP contribution in [0.2, 0.25) is 0 Å². The minimum atomic E-state index is -4.29. The van der Waals surface area contributed by atoms with E-state index in [9.17, 15) is 23.5 Å². The van der Waals surface area contributed by atoms with E-state index in [2.05, 4.69) is 4.74 Å². The molecule has 0 heterocycles. The van der Waals surface area contributed by atoms with Gasteiger partial charge in [0.15, 0.2) is 5.60 Å². The lowest BCUT2D eigenvalue weighted by atomic mass is 10.0. The number of ether oxygens (including phenoxy) is 1. The molecule has 0 spiro atoms. The van der Waals surface area contributed by atoms with Crippen LogP contribution in [0.25, 0.3) is 0 Å². The summed E-state index contributed by atoms with van der Waals surface area (Å²) in [6.07, 6.45) is 0. The Morgan fingerprint density at radius 1 is 1.32 bits per heavy atom. The zero-order valence-electron chi connectivity index (χ0n) is 10.1. The molecule has 1 aromatic rings. The Balaban J connectivity index is 2.96. The van der Waals surface area contributed by atoms with E-state index in [1.807, 2.05) is 22.6 Å². The number of alkyl halides is 2. The van der Waals surface area contributed by atoms with Gasteiger partial charge in [-0.2, -0.15) is 8.78 Å². The molecular formula is C12H10F2IO4-. The van der Waals surface area contributed by atoms with Crippen LogP contribution in [0.4, 0.5) is 8.78 Å². The fourth-order valence-electron chi connectivity index (χ4n) is 1.22. The second-order valence-electron chi connectivity index (χ2n) is 4.27. The average Bonchev–Trinajstić information content (AvgIpc) is 2.27. The van der Waals surface area contributed by atoms with E-state index in [4.69, 9.17) is 0 Å². The van der Waals surface area contributed by atoms with Gasteiger partial charge in [-0.1, -0.05) is 6.07 Å². The second-order valence-corrected chi connectivity index (χ2v) is 5.52. The molecule has 0 unspecified atom stereocenters. The Morgan fingerprint density at radius 3 is 2.37 bits per heavy atom. The summed E-state index contributed by atoms with van der Waals surface area (Å²) in [5, 5.41) is 10.4. The Bertz CT molecular complexity index is 514. The highest BCUT2D eigenvalue weighted by Crippen LogP contribution is 2.32. The molecule has 7 heteroatoms. The van der Waals surface area contributed by atoms with E-state index < -0.39 is 23.5 Å². The summed E-state index contributed by atoms with van der Waals surface area (Å²) in [6.45, 7) is 1.63. The van der Waals surface area contributed by atoms with Crippen molar-refractivity contribution < 1.29 is 28.2 Å². The second kappa shape index (κ2) is 5.40. The maximum Gasteiger partial charge on any atom is 0.338 e. The zero-order chi connectivity index (χ0) is 14.8. The summed E-state index contributed by atoms with van der Waals surface area (Å²) in [5.74, 6) is -7.90. The number of carbonyl (C=O) groups is 2. The standard InChI is InChI=1S/C12H11F2IO4/c1-11(2,12(13,14)10(17)18)19-9(16)7-4-3-5-8(15)6-7/h3-6H,1-2H3,(H,17,18)/p-1. The third-order valence-corrected chi connectivity index (χ3v) is 3.09. The maximum absolute atomic E-state index is 13.3. The van der Waals surface area contributed by atoms with Gasteiger partial charge in [-0.15, -0.1) is 0 Å². The summed E-state index contributed by atoms with van der Waals surface area (Å²) in [4.78, 5) is 22.1. The minimum Gasteiger partial charge on any atom is -0.544 e. The fraction of sp³-hybridized carbons (Fsp3) is 0.333. The van der Waals surface area contributed by atoms with Crippen LogP contribution in [0, 0.1) is 3.57 Å². The van der Waals surface area contributed by atoms with Crippen LogP contribution in [-0.4, -0.2) is 23.5 Å². The molecule has 0 saturated heterocycles. The normalized spacial score (nSPS) is 12.1. The van der Waals surface area contributed by atoms with Crippen LogP contribution < -0.4 is 5.11 Å². The summed E-state index contributed by atoms with van der Waals surface area (Å²) in [6, 6.07) is 6.09. The van der Waals surface area contributed by atoms with E-state index in [1.54, 1.807) is 12.1 Å². The largest absolute Gasteiger partial charge is 0.544 e. The van der Waals surface area contributed by atoms with E-state index in [0.29, 0.717) is 0 Å². The fourth-order valence-corrected chi connectivity index (χ4v) is 1.76. The van der Waals surface area contributed by atoms with Crippen molar-refractivity contribution in [1.82, 2.24) is 0 Å². The van der Waals surface area contributed by atoms with E-state index in [0.717, 1.165) is 17.4 Å². The van der Waals surface area contributed by atoms with Crippen molar-refractivity contribution in [3.05, 3.63) is 33.4 Å². The van der Waals surface area contributed by atoms with Crippen LogP contribution >= 0.6 is 22.6 Å². The molecule has 0 aromatic heterocycles. The van der Waals surface area contributed by atoms with Crippen molar-refractivity contribution in [1.29, 1.82) is 0 Å². The summed E-state index contributed by atoms with van der Waals surface area (Å²) in [7, 11) is 0. The van der Waals surface area contributed by atoms with Gasteiger partial charge < -0.3 is 14.6 Å². The van der Waals surface area contributed by atoms with E-state index in [1.165, 1.54) is 12.1 Å². The third-order valence-electron chi connectivity index (χ3n) is 2.42. The third kappa shape index (κ3) is 3.40. The predicted molar refractivity (Wildman–Crippen MR) is 68.6 cm³/mol. The molecular weight excluding hydrogens is 373 g/mol. The monoisotopic (exact) mass is 383 g/mol. The lowest BCUT2D eigenvalue weighted by Crippen LogP contribution is -2.57. The minimum absolute atomic E-state index is 0.0640. The van der Waals surface area contributed by atoms with Crippen molar-refractivity contribution in [2.45, 2.75) is 25.4 Å². The van der Waals surface area contributed by atoms with E-state index >= 15 is 0 Å². The van der Waals surface area contributed by atoms with Gasteiger partial charge >= 0.3 is 11.9 Å². The first-order valence-electron chi connectivity index (χ1n) is 5.16. The molecule has 0 atom stereocenters. The van der Waals surface area contributed by atoms with Crippen LogP contribution in [-0.2, 0) is 9.53 Å². The SMILES string of the molecule is CC(C)(OC(=O)c1cccc(I)c1)C(F)(F)C(=O)[O-]. The van der Waals surface area contributed by atoms with Crippen molar-refractivity contribution in [2.24, 2.45) is 0 Å². The number of hydrogen-bond donors (Lipinski definition) is 0. The Hall–Kier alpha value is -1.25. The molecule has 0 aliphatic rings. The van der Waals surface area contributed by atoms with Gasteiger partial charge in [-0.05, 0) is 54.6 Å². The highest BCUT2D eigenvalue weighted by Gasteiger charge is 2.51. The Kier molecular flexibility index (Phi) is 4.49. The smallest absolute Gasteiger partial charge is 0.338 e. The number of carbonyl (C=O) groups excluding carboxylic acids is 2. The molecule has 1 rings (SSSR count). The van der Waals surface area contributed by atoms with Gasteiger partial charge in [-0.25, -0.2) is 4.79 Å².